The van der Waals surface area contributed by atoms with Crippen molar-refractivity contribution < 1.29 is 10.0 Å². The monoisotopic (exact) mass is 258 g/mol. The van der Waals surface area contributed by atoms with Gasteiger partial charge in [-0.05, 0) is 6.42 Å². The van der Waals surface area contributed by atoms with Crippen LogP contribution in [0.4, 0.5) is 4.79 Å². The minimum atomic E-state index is -0.338. The van der Waals surface area contributed by atoms with Crippen molar-refractivity contribution in [2.75, 3.05) is 20.6 Å². The number of rotatable bonds is 10. The molecule has 0 saturated carbocycles. The normalized spacial score (nSPS) is 10.4. The van der Waals surface area contributed by atoms with E-state index in [0.717, 1.165) is 17.9 Å². The number of nitrogens with zero attached hydrogens (tertiary/aromatic N) is 2. The number of unbranched alkanes of at least 4 members (excludes halogenated alkanes) is 8. The van der Waals surface area contributed by atoms with Crippen LogP contribution in [0, 0.1) is 0 Å². The third-order valence-electron chi connectivity index (χ3n) is 3.08. The summed E-state index contributed by atoms with van der Waals surface area (Å²) in [5.41, 5.74) is 0. The average molecular weight is 258 g/mol. The van der Waals surface area contributed by atoms with Gasteiger partial charge in [-0.25, -0.2) is 9.86 Å². The average Bonchev–Trinajstić information content (AvgIpc) is 2.35. The van der Waals surface area contributed by atoms with Crippen LogP contribution in [0.2, 0.25) is 0 Å². The van der Waals surface area contributed by atoms with Gasteiger partial charge in [0.2, 0.25) is 0 Å². The molecule has 0 fully saturated rings. The van der Waals surface area contributed by atoms with Gasteiger partial charge >= 0.3 is 6.03 Å². The molecule has 0 aromatic heterocycles. The Morgan fingerprint density at radius 3 is 1.78 bits per heavy atom. The molecule has 0 bridgehead atoms. The summed E-state index contributed by atoms with van der Waals surface area (Å²) in [5.74, 6) is 0. The van der Waals surface area contributed by atoms with Crippen LogP contribution >= 0.6 is 0 Å². The molecule has 0 aromatic rings. The fraction of sp³-hybridized carbons (Fsp3) is 0.929. The van der Waals surface area contributed by atoms with Gasteiger partial charge in [0.05, 0.1) is 6.54 Å². The van der Waals surface area contributed by atoms with Gasteiger partial charge in [0.15, 0.2) is 0 Å². The SMILES string of the molecule is CCCCCCCCCCCN(O)C(=O)N(C)C. The van der Waals surface area contributed by atoms with E-state index in [1.165, 1.54) is 49.8 Å². The molecule has 0 heterocycles. The molecule has 0 rings (SSSR count). The molecule has 1 N–H and O–H groups in total. The number of carbonyl (C=O) groups is 1. The van der Waals surface area contributed by atoms with E-state index in [4.69, 9.17) is 0 Å². The zero-order valence-corrected chi connectivity index (χ0v) is 12.3. The van der Waals surface area contributed by atoms with E-state index in [-0.39, 0.29) is 6.03 Å². The molecule has 2 amide bonds. The molecule has 0 aliphatic carbocycles. The lowest BCUT2D eigenvalue weighted by Gasteiger charge is -2.19. The Bertz CT molecular complexity index is 208. The van der Waals surface area contributed by atoms with Crippen molar-refractivity contribution >= 4 is 6.03 Å². The second-order valence-corrected chi connectivity index (χ2v) is 5.13. The molecule has 0 aliphatic rings. The van der Waals surface area contributed by atoms with Gasteiger partial charge in [-0.3, -0.25) is 5.21 Å². The Morgan fingerprint density at radius 1 is 0.889 bits per heavy atom. The van der Waals surface area contributed by atoms with E-state index >= 15 is 0 Å². The maximum atomic E-state index is 11.3. The summed E-state index contributed by atoms with van der Waals surface area (Å²) in [5, 5.41) is 10.2. The van der Waals surface area contributed by atoms with E-state index < -0.39 is 0 Å². The summed E-state index contributed by atoms with van der Waals surface area (Å²) in [6.07, 6.45) is 11.1. The Morgan fingerprint density at radius 2 is 1.33 bits per heavy atom. The van der Waals surface area contributed by atoms with Crippen LogP contribution in [0.3, 0.4) is 0 Å². The molecule has 0 unspecified atom stereocenters. The second kappa shape index (κ2) is 11.3. The summed E-state index contributed by atoms with van der Waals surface area (Å²) in [6, 6.07) is -0.338. The summed E-state index contributed by atoms with van der Waals surface area (Å²) < 4.78 is 0. The maximum absolute atomic E-state index is 11.3. The molecule has 4 heteroatoms. The molecule has 18 heavy (non-hydrogen) atoms. The van der Waals surface area contributed by atoms with Gasteiger partial charge < -0.3 is 4.90 Å². The van der Waals surface area contributed by atoms with Crippen molar-refractivity contribution in [3.63, 3.8) is 0 Å². The predicted octanol–water partition coefficient (Wildman–Crippen LogP) is 3.89. The van der Waals surface area contributed by atoms with Crippen molar-refractivity contribution in [2.45, 2.75) is 64.7 Å². The highest BCUT2D eigenvalue weighted by atomic mass is 16.5. The molecule has 0 radical (unpaired) electrons. The number of urea groups is 1. The third-order valence-corrected chi connectivity index (χ3v) is 3.08. The maximum Gasteiger partial charge on any atom is 0.343 e. The van der Waals surface area contributed by atoms with E-state index in [1.807, 2.05) is 0 Å². The van der Waals surface area contributed by atoms with Gasteiger partial charge in [-0.1, -0.05) is 58.3 Å². The highest BCUT2D eigenvalue weighted by Gasteiger charge is 2.11. The van der Waals surface area contributed by atoms with Crippen LogP contribution in [-0.4, -0.2) is 41.8 Å². The first-order chi connectivity index (χ1) is 8.59. The van der Waals surface area contributed by atoms with Gasteiger partial charge in [0.1, 0.15) is 0 Å². The lowest BCUT2D eigenvalue weighted by molar-refractivity contribution is -0.0536. The summed E-state index contributed by atoms with van der Waals surface area (Å²) in [7, 11) is 3.28. The largest absolute Gasteiger partial charge is 0.343 e. The summed E-state index contributed by atoms with van der Waals surface area (Å²) in [4.78, 5) is 12.7. The van der Waals surface area contributed by atoms with Gasteiger partial charge in [0.25, 0.3) is 0 Å². The minimum absolute atomic E-state index is 0.338. The number of hydrogen-bond donors (Lipinski definition) is 1. The first-order valence-electron chi connectivity index (χ1n) is 7.27. The molecular weight excluding hydrogens is 228 g/mol. The smallest absolute Gasteiger partial charge is 0.329 e. The first-order valence-corrected chi connectivity index (χ1v) is 7.27. The Labute approximate surface area is 112 Å². The van der Waals surface area contributed by atoms with Crippen molar-refractivity contribution in [3.8, 4) is 0 Å². The zero-order chi connectivity index (χ0) is 13.8. The zero-order valence-electron chi connectivity index (χ0n) is 12.3. The molecule has 0 saturated heterocycles. The van der Waals surface area contributed by atoms with Crippen LogP contribution in [0.5, 0.6) is 0 Å². The lowest BCUT2D eigenvalue weighted by atomic mass is 10.1. The van der Waals surface area contributed by atoms with Crippen LogP contribution < -0.4 is 0 Å². The molecule has 0 atom stereocenters. The molecule has 108 valence electrons. The van der Waals surface area contributed by atoms with Gasteiger partial charge in [-0.2, -0.15) is 0 Å². The van der Waals surface area contributed by atoms with Crippen LogP contribution in [-0.2, 0) is 0 Å². The van der Waals surface area contributed by atoms with E-state index in [9.17, 15) is 10.0 Å². The lowest BCUT2D eigenvalue weighted by Crippen LogP contribution is -2.37. The molecule has 0 aromatic carbocycles. The number of hydroxylamine groups is 2. The predicted molar refractivity (Wildman–Crippen MR) is 74.8 cm³/mol. The van der Waals surface area contributed by atoms with Crippen molar-refractivity contribution in [2.24, 2.45) is 0 Å². The second-order valence-electron chi connectivity index (χ2n) is 5.13. The molecule has 0 spiro atoms. The van der Waals surface area contributed by atoms with Gasteiger partial charge in [-0.15, -0.1) is 0 Å². The van der Waals surface area contributed by atoms with Crippen LogP contribution in [0.25, 0.3) is 0 Å². The minimum Gasteiger partial charge on any atom is -0.329 e. The Balaban J connectivity index is 3.27. The topological polar surface area (TPSA) is 43.8 Å². The first kappa shape index (κ1) is 17.2. The highest BCUT2D eigenvalue weighted by molar-refractivity contribution is 5.72. The van der Waals surface area contributed by atoms with E-state index in [0.29, 0.717) is 6.54 Å². The number of hydrogen-bond acceptors (Lipinski definition) is 2. The van der Waals surface area contributed by atoms with Crippen molar-refractivity contribution in [3.05, 3.63) is 0 Å². The Hall–Kier alpha value is -0.770. The van der Waals surface area contributed by atoms with Gasteiger partial charge in [0, 0.05) is 14.1 Å². The summed E-state index contributed by atoms with van der Waals surface area (Å²) in [6.45, 7) is 2.67. The standard InChI is InChI=1S/C14H30N2O2/c1-4-5-6-7-8-9-10-11-12-13-16(18)14(17)15(2)3/h18H,4-13H2,1-3H3. The van der Waals surface area contributed by atoms with Crippen LogP contribution in [0.1, 0.15) is 64.7 Å². The molecule has 0 aliphatic heterocycles. The third kappa shape index (κ3) is 9.28. The molecule has 4 nitrogen and oxygen atoms in total. The number of carbonyl (C=O) groups excluding carboxylic acids is 1. The fourth-order valence-corrected chi connectivity index (χ4v) is 1.90. The van der Waals surface area contributed by atoms with Crippen molar-refractivity contribution in [1.29, 1.82) is 0 Å². The molecular formula is C14H30N2O2. The van der Waals surface area contributed by atoms with E-state index in [1.54, 1.807) is 14.1 Å². The quantitative estimate of drug-likeness (QED) is 0.367. The number of amides is 2. The van der Waals surface area contributed by atoms with E-state index in [2.05, 4.69) is 6.92 Å². The highest BCUT2D eigenvalue weighted by Crippen LogP contribution is 2.09. The summed E-state index contributed by atoms with van der Waals surface area (Å²) >= 11 is 0. The van der Waals surface area contributed by atoms with Crippen molar-refractivity contribution in [1.82, 2.24) is 9.96 Å². The fourth-order valence-electron chi connectivity index (χ4n) is 1.90. The Kier molecular flexibility index (Phi) is 10.8. The van der Waals surface area contributed by atoms with Crippen LogP contribution in [0.15, 0.2) is 0 Å².